The Hall–Kier alpha value is -0.770. The van der Waals surface area contributed by atoms with Crippen LogP contribution in [0.2, 0.25) is 0 Å². The van der Waals surface area contributed by atoms with Crippen LogP contribution >= 0.6 is 0 Å². The molecule has 15 heavy (non-hydrogen) atoms. The van der Waals surface area contributed by atoms with Gasteiger partial charge in [-0.15, -0.1) is 0 Å². The molecular formula is C11H20N4. The Kier molecular flexibility index (Phi) is 1.96. The molecule has 2 heterocycles. The van der Waals surface area contributed by atoms with Gasteiger partial charge in [-0.2, -0.15) is 0 Å². The summed E-state index contributed by atoms with van der Waals surface area (Å²) < 4.78 is 0. The number of likely N-dealkylation sites (tertiary alicyclic amines) is 1. The lowest BCUT2D eigenvalue weighted by molar-refractivity contribution is 0.199. The quantitative estimate of drug-likeness (QED) is 0.707. The van der Waals surface area contributed by atoms with Gasteiger partial charge in [0.1, 0.15) is 0 Å². The molecule has 1 aliphatic carbocycles. The molecular weight excluding hydrogens is 188 g/mol. The molecule has 3 rings (SSSR count). The fraction of sp³-hybridized carbons (Fsp3) is 0.909. The lowest BCUT2D eigenvalue weighted by atomic mass is 9.98. The van der Waals surface area contributed by atoms with Crippen LogP contribution in [0, 0.1) is 0 Å². The van der Waals surface area contributed by atoms with Crippen LogP contribution in [0.15, 0.2) is 4.99 Å². The number of nitrogens with two attached hydrogens (primary N) is 1. The molecule has 2 aliphatic heterocycles. The summed E-state index contributed by atoms with van der Waals surface area (Å²) in [5, 5.41) is 0. The van der Waals surface area contributed by atoms with Crippen molar-refractivity contribution >= 4 is 5.96 Å². The van der Waals surface area contributed by atoms with Crippen LogP contribution in [-0.4, -0.2) is 53.5 Å². The van der Waals surface area contributed by atoms with E-state index in [4.69, 9.17) is 5.73 Å². The molecule has 1 saturated heterocycles. The Bertz CT molecular complexity index is 297. The third-order valence-electron chi connectivity index (χ3n) is 4.13. The summed E-state index contributed by atoms with van der Waals surface area (Å²) in [6, 6.07) is 0.880. The molecule has 2 N–H and O–H groups in total. The van der Waals surface area contributed by atoms with Crippen LogP contribution in [0.25, 0.3) is 0 Å². The summed E-state index contributed by atoms with van der Waals surface area (Å²) in [7, 11) is 0. The van der Waals surface area contributed by atoms with E-state index < -0.39 is 0 Å². The van der Waals surface area contributed by atoms with E-state index >= 15 is 0 Å². The van der Waals surface area contributed by atoms with Crippen molar-refractivity contribution in [3.8, 4) is 0 Å². The van der Waals surface area contributed by atoms with Gasteiger partial charge in [0, 0.05) is 25.7 Å². The fourth-order valence-corrected chi connectivity index (χ4v) is 3.13. The summed E-state index contributed by atoms with van der Waals surface area (Å²) >= 11 is 0. The molecule has 0 aromatic rings. The summed E-state index contributed by atoms with van der Waals surface area (Å²) in [5.41, 5.74) is 6.19. The topological polar surface area (TPSA) is 44.9 Å². The monoisotopic (exact) mass is 208 g/mol. The van der Waals surface area contributed by atoms with E-state index in [1.54, 1.807) is 0 Å². The molecule has 0 aromatic heterocycles. The normalized spacial score (nSPS) is 36.6. The van der Waals surface area contributed by atoms with Gasteiger partial charge >= 0.3 is 0 Å². The van der Waals surface area contributed by atoms with E-state index in [9.17, 15) is 0 Å². The minimum absolute atomic E-state index is 0.251. The van der Waals surface area contributed by atoms with Gasteiger partial charge in [0.2, 0.25) is 0 Å². The van der Waals surface area contributed by atoms with Crippen molar-refractivity contribution in [3.05, 3.63) is 0 Å². The lowest BCUT2D eigenvalue weighted by Crippen LogP contribution is -2.53. The molecule has 84 valence electrons. The van der Waals surface area contributed by atoms with Gasteiger partial charge in [-0.25, -0.2) is 0 Å². The Labute approximate surface area is 91.1 Å². The predicted octanol–water partition coefficient (Wildman–Crippen LogP) is 0.244. The third kappa shape index (κ3) is 1.34. The predicted molar refractivity (Wildman–Crippen MR) is 60.8 cm³/mol. The molecule has 4 heteroatoms. The Balaban J connectivity index is 1.75. The van der Waals surface area contributed by atoms with Gasteiger partial charge in [-0.1, -0.05) is 0 Å². The number of guanidine groups is 1. The maximum absolute atomic E-state index is 5.94. The summed E-state index contributed by atoms with van der Waals surface area (Å²) in [6.07, 6.45) is 4.04. The highest BCUT2D eigenvalue weighted by atomic mass is 15.4. The van der Waals surface area contributed by atoms with Crippen LogP contribution in [-0.2, 0) is 0 Å². The second-order valence-electron chi connectivity index (χ2n) is 5.09. The first-order chi connectivity index (χ1) is 7.25. The van der Waals surface area contributed by atoms with Crippen molar-refractivity contribution in [2.45, 2.75) is 37.8 Å². The first kappa shape index (κ1) is 9.46. The van der Waals surface area contributed by atoms with Gasteiger partial charge < -0.3 is 10.6 Å². The molecule has 0 amide bonds. The summed E-state index contributed by atoms with van der Waals surface area (Å²) in [5.74, 6) is 0.759. The standard InChI is InChI=1S/C11H20N4/c1-2-15-10(12)13-7-11(15)5-6-14(8-11)9-3-4-9/h9H,2-8H2,1H3,(H2,12,13). The number of hydrogen-bond donors (Lipinski definition) is 1. The average Bonchev–Trinajstić information content (AvgIpc) is 2.93. The number of aliphatic imine (C=N–C) groups is 1. The third-order valence-corrected chi connectivity index (χ3v) is 4.13. The molecule has 1 saturated carbocycles. The van der Waals surface area contributed by atoms with Crippen LogP contribution < -0.4 is 5.73 Å². The zero-order valence-electron chi connectivity index (χ0n) is 9.45. The van der Waals surface area contributed by atoms with Crippen molar-refractivity contribution in [3.63, 3.8) is 0 Å². The highest BCUT2D eigenvalue weighted by molar-refractivity contribution is 5.81. The second-order valence-corrected chi connectivity index (χ2v) is 5.09. The van der Waals surface area contributed by atoms with Crippen molar-refractivity contribution in [1.29, 1.82) is 0 Å². The van der Waals surface area contributed by atoms with Gasteiger partial charge in [-0.05, 0) is 26.2 Å². The molecule has 0 aromatic carbocycles. The first-order valence-corrected chi connectivity index (χ1v) is 6.07. The maximum atomic E-state index is 5.94. The first-order valence-electron chi connectivity index (χ1n) is 6.07. The SMILES string of the molecule is CCN1C(N)=NCC12CCN(C1CC1)C2. The molecule has 1 unspecified atom stereocenters. The van der Waals surface area contributed by atoms with Crippen LogP contribution in [0.5, 0.6) is 0 Å². The smallest absolute Gasteiger partial charge is 0.191 e. The zero-order chi connectivity index (χ0) is 10.5. The van der Waals surface area contributed by atoms with E-state index in [0.717, 1.165) is 25.1 Å². The average molecular weight is 208 g/mol. The summed E-state index contributed by atoms with van der Waals surface area (Å²) in [6.45, 7) is 6.50. The minimum atomic E-state index is 0.251. The number of nitrogens with zero attached hydrogens (tertiary/aromatic N) is 3. The second kappa shape index (κ2) is 3.11. The minimum Gasteiger partial charge on any atom is -0.370 e. The Morgan fingerprint density at radius 2 is 2.33 bits per heavy atom. The number of hydrogen-bond acceptors (Lipinski definition) is 4. The molecule has 1 spiro atoms. The van der Waals surface area contributed by atoms with Gasteiger partial charge in [0.05, 0.1) is 12.1 Å². The molecule has 0 bridgehead atoms. The van der Waals surface area contributed by atoms with E-state index in [2.05, 4.69) is 21.7 Å². The molecule has 4 nitrogen and oxygen atoms in total. The van der Waals surface area contributed by atoms with Crippen molar-refractivity contribution in [2.75, 3.05) is 26.2 Å². The molecule has 3 aliphatic rings. The van der Waals surface area contributed by atoms with E-state index in [1.807, 2.05) is 0 Å². The van der Waals surface area contributed by atoms with Gasteiger partial charge in [0.15, 0.2) is 5.96 Å². The van der Waals surface area contributed by atoms with E-state index in [1.165, 1.54) is 32.4 Å². The largest absolute Gasteiger partial charge is 0.370 e. The number of likely N-dealkylation sites (N-methyl/N-ethyl adjacent to an activating group) is 1. The van der Waals surface area contributed by atoms with Crippen molar-refractivity contribution < 1.29 is 0 Å². The van der Waals surface area contributed by atoms with Gasteiger partial charge in [0.25, 0.3) is 0 Å². The lowest BCUT2D eigenvalue weighted by Gasteiger charge is -2.35. The molecule has 2 fully saturated rings. The highest BCUT2D eigenvalue weighted by Crippen LogP contribution is 2.37. The van der Waals surface area contributed by atoms with Gasteiger partial charge in [-0.3, -0.25) is 9.89 Å². The van der Waals surface area contributed by atoms with Crippen LogP contribution in [0.1, 0.15) is 26.2 Å². The number of rotatable bonds is 2. The van der Waals surface area contributed by atoms with Crippen LogP contribution in [0.4, 0.5) is 0 Å². The molecule has 1 atom stereocenters. The van der Waals surface area contributed by atoms with Crippen molar-refractivity contribution in [2.24, 2.45) is 10.7 Å². The van der Waals surface area contributed by atoms with E-state index in [-0.39, 0.29) is 5.54 Å². The van der Waals surface area contributed by atoms with E-state index in [0.29, 0.717) is 0 Å². The fourth-order valence-electron chi connectivity index (χ4n) is 3.13. The Morgan fingerprint density at radius 3 is 3.00 bits per heavy atom. The molecule has 0 radical (unpaired) electrons. The van der Waals surface area contributed by atoms with Crippen molar-refractivity contribution in [1.82, 2.24) is 9.80 Å². The zero-order valence-corrected chi connectivity index (χ0v) is 9.45. The highest BCUT2D eigenvalue weighted by Gasteiger charge is 2.49. The Morgan fingerprint density at radius 1 is 1.53 bits per heavy atom. The van der Waals surface area contributed by atoms with Crippen LogP contribution in [0.3, 0.4) is 0 Å². The summed E-state index contributed by atoms with van der Waals surface area (Å²) in [4.78, 5) is 9.38. The maximum Gasteiger partial charge on any atom is 0.191 e.